The van der Waals surface area contributed by atoms with Crippen molar-refractivity contribution < 1.29 is 13.5 Å². The number of nitrogens with one attached hydrogen (secondary N) is 1. The molecule has 2 unspecified atom stereocenters. The fourth-order valence-electron chi connectivity index (χ4n) is 5.23. The molecule has 0 spiro atoms. The van der Waals surface area contributed by atoms with Gasteiger partial charge in [-0.3, -0.25) is 9.97 Å². The first kappa shape index (κ1) is 29.3. The maximum absolute atomic E-state index is 14.3. The van der Waals surface area contributed by atoms with Crippen molar-refractivity contribution in [1.82, 2.24) is 9.97 Å². The first-order valence-electron chi connectivity index (χ1n) is 13.5. The highest BCUT2D eigenvalue weighted by Gasteiger charge is 2.39. The highest BCUT2D eigenvalue weighted by molar-refractivity contribution is 5.83. The summed E-state index contributed by atoms with van der Waals surface area (Å²) in [6.07, 6.45) is 11.4. The van der Waals surface area contributed by atoms with Gasteiger partial charge in [-0.25, -0.2) is 0 Å². The van der Waals surface area contributed by atoms with Gasteiger partial charge in [-0.15, -0.1) is 0 Å². The van der Waals surface area contributed by atoms with E-state index in [0.717, 1.165) is 53.9 Å². The number of anilines is 2. The van der Waals surface area contributed by atoms with E-state index >= 15 is 0 Å². The van der Waals surface area contributed by atoms with E-state index in [2.05, 4.69) is 55.9 Å². The first-order chi connectivity index (χ1) is 18.0. The fourth-order valence-corrected chi connectivity index (χ4v) is 5.23. The number of allylic oxidation sites excluding steroid dienone is 6. The number of halogens is 2. The van der Waals surface area contributed by atoms with Gasteiger partial charge in [0.25, 0.3) is 5.92 Å². The quantitative estimate of drug-likeness (QED) is 0.237. The maximum Gasteiger partial charge on any atom is 0.287 e. The van der Waals surface area contributed by atoms with Crippen LogP contribution in [0.4, 0.5) is 20.2 Å². The third kappa shape index (κ3) is 6.25. The van der Waals surface area contributed by atoms with Crippen LogP contribution in [0.3, 0.4) is 0 Å². The Hall–Kier alpha value is -3.22. The summed E-state index contributed by atoms with van der Waals surface area (Å²) in [6, 6.07) is 5.96. The normalized spacial score (nSPS) is 18.4. The number of nitrogens with zero attached hydrogens (tertiary/aromatic N) is 3. The van der Waals surface area contributed by atoms with Crippen LogP contribution in [0.1, 0.15) is 89.9 Å². The Morgan fingerprint density at radius 3 is 2.61 bits per heavy atom. The lowest BCUT2D eigenvalue weighted by Crippen LogP contribution is -2.38. The summed E-state index contributed by atoms with van der Waals surface area (Å²) in [5.74, 6) is -2.07. The number of fused-ring (bicyclic) bond motifs is 1. The third-order valence-electron chi connectivity index (χ3n) is 7.10. The lowest BCUT2D eigenvalue weighted by molar-refractivity contribution is 0.0118. The van der Waals surface area contributed by atoms with E-state index in [-0.39, 0.29) is 24.2 Å². The molecule has 1 N–H and O–H groups in total. The van der Waals surface area contributed by atoms with Gasteiger partial charge in [0.15, 0.2) is 0 Å². The van der Waals surface area contributed by atoms with Crippen LogP contribution in [0.25, 0.3) is 5.57 Å². The molecule has 5 nitrogen and oxygen atoms in total. The van der Waals surface area contributed by atoms with Gasteiger partial charge < -0.3 is 15.0 Å². The van der Waals surface area contributed by atoms with Crippen LogP contribution in [0.15, 0.2) is 54.5 Å². The van der Waals surface area contributed by atoms with Crippen LogP contribution < -0.4 is 10.2 Å². The minimum absolute atomic E-state index is 0.208. The molecule has 3 heterocycles. The standard InChI is InChI=1S/C31H42F2N4O/c1-9-11-12-13-16-24(22(6)38-8)25-18-26(35-19-23-15-14-17-34-30(23)31(7,32)33)29-28(36-25)21(5)27(10-2)37(29)20(3)4/h11-18,20-21,27H,9-10,19H2,1-8H3,(H,35,36)/b12-11+,16-13-,24-22-. The number of hydrogen-bond acceptors (Lipinski definition) is 5. The zero-order valence-corrected chi connectivity index (χ0v) is 24.0. The lowest BCUT2D eigenvalue weighted by atomic mass is 9.98. The van der Waals surface area contributed by atoms with Crippen molar-refractivity contribution in [3.63, 3.8) is 0 Å². The molecule has 206 valence electrons. The number of pyridine rings is 2. The molecule has 38 heavy (non-hydrogen) atoms. The Morgan fingerprint density at radius 2 is 2.00 bits per heavy atom. The van der Waals surface area contributed by atoms with E-state index in [1.807, 2.05) is 31.2 Å². The molecule has 0 amide bonds. The molecule has 0 radical (unpaired) electrons. The summed E-state index contributed by atoms with van der Waals surface area (Å²) >= 11 is 0. The number of hydrogen-bond donors (Lipinski definition) is 1. The van der Waals surface area contributed by atoms with Crippen molar-refractivity contribution in [1.29, 1.82) is 0 Å². The van der Waals surface area contributed by atoms with Crippen molar-refractivity contribution >= 4 is 16.9 Å². The number of rotatable bonds is 11. The Labute approximate surface area is 226 Å². The van der Waals surface area contributed by atoms with Gasteiger partial charge in [-0.2, -0.15) is 8.78 Å². The van der Waals surface area contributed by atoms with Crippen LogP contribution >= 0.6 is 0 Å². The molecule has 1 aliphatic heterocycles. The largest absolute Gasteiger partial charge is 0.501 e. The number of methoxy groups -OCH3 is 1. The van der Waals surface area contributed by atoms with Crippen LogP contribution in [-0.2, 0) is 17.2 Å². The summed E-state index contributed by atoms with van der Waals surface area (Å²) in [7, 11) is 1.66. The van der Waals surface area contributed by atoms with Crippen LogP contribution in [0.5, 0.6) is 0 Å². The van der Waals surface area contributed by atoms with Crippen molar-refractivity contribution in [2.75, 3.05) is 17.3 Å². The van der Waals surface area contributed by atoms with E-state index in [4.69, 9.17) is 9.72 Å². The van der Waals surface area contributed by atoms with E-state index < -0.39 is 5.92 Å². The second kappa shape index (κ2) is 12.5. The molecular formula is C31H42F2N4O. The molecule has 0 saturated carbocycles. The molecule has 3 rings (SSSR count). The van der Waals surface area contributed by atoms with E-state index in [0.29, 0.717) is 11.6 Å². The Balaban J connectivity index is 2.18. The highest BCUT2D eigenvalue weighted by Crippen LogP contribution is 2.47. The topological polar surface area (TPSA) is 50.3 Å². The van der Waals surface area contributed by atoms with E-state index in [1.54, 1.807) is 19.2 Å². The summed E-state index contributed by atoms with van der Waals surface area (Å²) in [5.41, 5.74) is 4.85. The molecule has 0 bridgehead atoms. The Morgan fingerprint density at radius 1 is 1.26 bits per heavy atom. The first-order valence-corrected chi connectivity index (χ1v) is 13.5. The minimum atomic E-state index is -3.03. The molecule has 0 fully saturated rings. The third-order valence-corrected chi connectivity index (χ3v) is 7.10. The second-order valence-corrected chi connectivity index (χ2v) is 10.2. The fraction of sp³-hybridized carbons (Fsp3) is 0.484. The second-order valence-electron chi connectivity index (χ2n) is 10.2. The average Bonchev–Trinajstić information content (AvgIpc) is 3.18. The van der Waals surface area contributed by atoms with Gasteiger partial charge in [0, 0.05) is 43.2 Å². The maximum atomic E-state index is 14.3. The minimum Gasteiger partial charge on any atom is -0.501 e. The molecule has 0 aliphatic carbocycles. The van der Waals surface area contributed by atoms with Crippen molar-refractivity contribution in [2.45, 2.75) is 91.8 Å². The number of alkyl halides is 2. The van der Waals surface area contributed by atoms with E-state index in [1.165, 1.54) is 6.20 Å². The summed E-state index contributed by atoms with van der Waals surface area (Å²) in [6.45, 7) is 13.9. The Bertz CT molecular complexity index is 1200. The SMILES string of the molecule is CC/C=C/C=C\C(=C(/C)OC)c1cc(NCc2cccnc2C(C)(F)F)c2c(n1)C(C)C(CC)N2C(C)C. The average molecular weight is 525 g/mol. The molecule has 0 saturated heterocycles. The Kier molecular flexibility index (Phi) is 9.69. The predicted molar refractivity (Wildman–Crippen MR) is 154 cm³/mol. The molecule has 2 atom stereocenters. The smallest absolute Gasteiger partial charge is 0.287 e. The van der Waals surface area contributed by atoms with E-state index in [9.17, 15) is 8.78 Å². The van der Waals surface area contributed by atoms with Gasteiger partial charge in [0.1, 0.15) is 11.5 Å². The van der Waals surface area contributed by atoms with Crippen molar-refractivity contribution in [3.05, 3.63) is 77.1 Å². The number of ether oxygens (including phenoxy) is 1. The summed E-state index contributed by atoms with van der Waals surface area (Å²) in [4.78, 5) is 11.6. The van der Waals surface area contributed by atoms with Crippen molar-refractivity contribution in [3.8, 4) is 0 Å². The van der Waals surface area contributed by atoms with Gasteiger partial charge in [0.2, 0.25) is 0 Å². The zero-order chi connectivity index (χ0) is 28.0. The zero-order valence-electron chi connectivity index (χ0n) is 24.0. The summed E-state index contributed by atoms with van der Waals surface area (Å²) < 4.78 is 34.2. The molecule has 1 aliphatic rings. The molecule has 2 aromatic rings. The highest BCUT2D eigenvalue weighted by atomic mass is 19.3. The van der Waals surface area contributed by atoms with Gasteiger partial charge in [-0.05, 0) is 57.4 Å². The monoisotopic (exact) mass is 524 g/mol. The lowest BCUT2D eigenvalue weighted by Gasteiger charge is -2.33. The van der Waals surface area contributed by atoms with Crippen LogP contribution in [0, 0.1) is 0 Å². The van der Waals surface area contributed by atoms with Crippen molar-refractivity contribution in [2.24, 2.45) is 0 Å². The van der Waals surface area contributed by atoms with Gasteiger partial charge >= 0.3 is 0 Å². The molecule has 2 aromatic heterocycles. The number of aromatic nitrogens is 2. The van der Waals surface area contributed by atoms with Crippen LogP contribution in [-0.4, -0.2) is 29.2 Å². The molecule has 0 aromatic carbocycles. The molecular weight excluding hydrogens is 482 g/mol. The predicted octanol–water partition coefficient (Wildman–Crippen LogP) is 8.21. The summed E-state index contributed by atoms with van der Waals surface area (Å²) in [5, 5.41) is 3.50. The van der Waals surface area contributed by atoms with Gasteiger partial charge in [0.05, 0.1) is 29.9 Å². The van der Waals surface area contributed by atoms with Crippen LogP contribution in [0.2, 0.25) is 0 Å². The van der Waals surface area contributed by atoms with Gasteiger partial charge in [-0.1, -0.05) is 45.1 Å². The molecule has 7 heteroatoms.